The van der Waals surface area contributed by atoms with Crippen LogP contribution in [-0.2, 0) is 4.74 Å². The van der Waals surface area contributed by atoms with E-state index in [-0.39, 0.29) is 18.1 Å². The summed E-state index contributed by atoms with van der Waals surface area (Å²) in [5.74, 6) is 0.162. The Labute approximate surface area is 123 Å². The van der Waals surface area contributed by atoms with Gasteiger partial charge in [-0.25, -0.2) is 4.98 Å². The monoisotopic (exact) mass is 298 g/mol. The van der Waals surface area contributed by atoms with E-state index in [9.17, 15) is 4.79 Å². The molecule has 6 nitrogen and oxygen atoms in total. The molecule has 2 unspecified atom stereocenters. The van der Waals surface area contributed by atoms with Crippen LogP contribution in [0.25, 0.3) is 0 Å². The van der Waals surface area contributed by atoms with Crippen LogP contribution in [-0.4, -0.2) is 36.2 Å². The highest BCUT2D eigenvalue weighted by Gasteiger charge is 2.23. The number of anilines is 2. The van der Waals surface area contributed by atoms with Crippen LogP contribution < -0.4 is 16.4 Å². The van der Waals surface area contributed by atoms with E-state index in [1.807, 2.05) is 6.92 Å². The van der Waals surface area contributed by atoms with Crippen molar-refractivity contribution < 1.29 is 9.53 Å². The molecule has 112 valence electrons. The first-order chi connectivity index (χ1) is 9.60. The van der Waals surface area contributed by atoms with Gasteiger partial charge in [-0.2, -0.15) is 0 Å². The van der Waals surface area contributed by atoms with Gasteiger partial charge in [-0.15, -0.1) is 0 Å². The number of aromatic nitrogens is 1. The van der Waals surface area contributed by atoms with Gasteiger partial charge in [0.05, 0.1) is 6.10 Å². The normalized spacial score (nSPS) is 22.5. The van der Waals surface area contributed by atoms with Gasteiger partial charge in [0, 0.05) is 19.2 Å². The summed E-state index contributed by atoms with van der Waals surface area (Å²) in [5.41, 5.74) is 5.82. The predicted octanol–water partition coefficient (Wildman–Crippen LogP) is 1.84. The molecular weight excluding hydrogens is 276 g/mol. The number of ether oxygens (including phenoxy) is 1. The lowest BCUT2D eigenvalue weighted by Crippen LogP contribution is -2.41. The minimum absolute atomic E-state index is 0.136. The molecule has 20 heavy (non-hydrogen) atoms. The standard InChI is InChI=1S/C13H22N4O2S/c1-3-5-15-13-17-11(14)10(20-13)12(18)16-9-4-6-19-8(2)7-9/h8-9H,3-7,14H2,1-2H3,(H,15,17)(H,16,18). The predicted molar refractivity (Wildman–Crippen MR) is 81.2 cm³/mol. The molecule has 1 amide bonds. The van der Waals surface area contributed by atoms with Crippen LogP contribution >= 0.6 is 11.3 Å². The Morgan fingerprint density at radius 2 is 2.40 bits per heavy atom. The second-order valence-corrected chi connectivity index (χ2v) is 6.04. The second kappa shape index (κ2) is 6.90. The number of hydrogen-bond donors (Lipinski definition) is 3. The molecule has 2 heterocycles. The Balaban J connectivity index is 1.96. The average molecular weight is 298 g/mol. The molecule has 0 spiro atoms. The van der Waals surface area contributed by atoms with Crippen molar-refractivity contribution in [2.45, 2.75) is 45.3 Å². The summed E-state index contributed by atoms with van der Waals surface area (Å²) in [6.45, 7) is 5.61. The van der Waals surface area contributed by atoms with E-state index in [0.29, 0.717) is 22.4 Å². The molecule has 1 aromatic rings. The number of carbonyl (C=O) groups is 1. The van der Waals surface area contributed by atoms with Gasteiger partial charge in [-0.05, 0) is 26.2 Å². The van der Waals surface area contributed by atoms with Gasteiger partial charge in [0.15, 0.2) is 5.13 Å². The number of rotatable bonds is 5. The summed E-state index contributed by atoms with van der Waals surface area (Å²) in [5, 5.41) is 6.87. The fourth-order valence-electron chi connectivity index (χ4n) is 2.18. The van der Waals surface area contributed by atoms with Gasteiger partial charge < -0.3 is 21.1 Å². The van der Waals surface area contributed by atoms with Crippen molar-refractivity contribution in [1.82, 2.24) is 10.3 Å². The molecule has 1 aliphatic rings. The number of amides is 1. The fraction of sp³-hybridized carbons (Fsp3) is 0.692. The molecule has 1 fully saturated rings. The maximum atomic E-state index is 12.2. The number of nitrogens with one attached hydrogen (secondary N) is 2. The van der Waals surface area contributed by atoms with Crippen molar-refractivity contribution in [3.8, 4) is 0 Å². The molecule has 7 heteroatoms. The van der Waals surface area contributed by atoms with Gasteiger partial charge in [0.2, 0.25) is 0 Å². The van der Waals surface area contributed by atoms with Crippen molar-refractivity contribution in [3.63, 3.8) is 0 Å². The lowest BCUT2D eigenvalue weighted by atomic mass is 10.0. The Kier molecular flexibility index (Phi) is 5.19. The molecule has 1 aliphatic heterocycles. The molecule has 1 aromatic heterocycles. The third-order valence-corrected chi connectivity index (χ3v) is 4.23. The number of nitrogens with zero attached hydrogens (tertiary/aromatic N) is 1. The van der Waals surface area contributed by atoms with Crippen LogP contribution in [0.4, 0.5) is 10.9 Å². The van der Waals surface area contributed by atoms with Gasteiger partial charge >= 0.3 is 0 Å². The summed E-state index contributed by atoms with van der Waals surface area (Å²) in [6.07, 6.45) is 2.87. The van der Waals surface area contributed by atoms with Crippen molar-refractivity contribution in [2.75, 3.05) is 24.2 Å². The van der Waals surface area contributed by atoms with E-state index in [2.05, 4.69) is 22.5 Å². The van der Waals surface area contributed by atoms with E-state index in [1.54, 1.807) is 0 Å². The zero-order valence-electron chi connectivity index (χ0n) is 11.9. The minimum atomic E-state index is -0.136. The van der Waals surface area contributed by atoms with E-state index < -0.39 is 0 Å². The van der Waals surface area contributed by atoms with Crippen LogP contribution in [0.15, 0.2) is 0 Å². The average Bonchev–Trinajstić information content (AvgIpc) is 2.77. The quantitative estimate of drug-likeness (QED) is 0.772. The molecule has 4 N–H and O–H groups in total. The Morgan fingerprint density at radius 1 is 1.60 bits per heavy atom. The van der Waals surface area contributed by atoms with Crippen molar-refractivity contribution in [2.24, 2.45) is 0 Å². The van der Waals surface area contributed by atoms with E-state index in [4.69, 9.17) is 10.5 Å². The molecule has 1 saturated heterocycles. The highest BCUT2D eigenvalue weighted by atomic mass is 32.1. The Morgan fingerprint density at radius 3 is 3.10 bits per heavy atom. The number of nitrogens with two attached hydrogens (primary N) is 1. The van der Waals surface area contributed by atoms with Crippen molar-refractivity contribution in [3.05, 3.63) is 4.88 Å². The number of hydrogen-bond acceptors (Lipinski definition) is 6. The van der Waals surface area contributed by atoms with Crippen LogP contribution in [0.1, 0.15) is 42.8 Å². The third-order valence-electron chi connectivity index (χ3n) is 3.21. The molecular formula is C13H22N4O2S. The Hall–Kier alpha value is -1.34. The molecule has 0 bridgehead atoms. The first-order valence-electron chi connectivity index (χ1n) is 7.02. The van der Waals surface area contributed by atoms with Gasteiger partial charge in [0.1, 0.15) is 10.7 Å². The van der Waals surface area contributed by atoms with Crippen LogP contribution in [0, 0.1) is 0 Å². The zero-order chi connectivity index (χ0) is 14.5. The highest BCUT2D eigenvalue weighted by Crippen LogP contribution is 2.25. The van der Waals surface area contributed by atoms with Crippen LogP contribution in [0.5, 0.6) is 0 Å². The fourth-order valence-corrected chi connectivity index (χ4v) is 3.00. The summed E-state index contributed by atoms with van der Waals surface area (Å²) >= 11 is 1.31. The van der Waals surface area contributed by atoms with E-state index >= 15 is 0 Å². The smallest absolute Gasteiger partial charge is 0.265 e. The number of thiazole rings is 1. The lowest BCUT2D eigenvalue weighted by Gasteiger charge is -2.27. The summed E-state index contributed by atoms with van der Waals surface area (Å²) in [4.78, 5) is 16.9. The largest absolute Gasteiger partial charge is 0.382 e. The van der Waals surface area contributed by atoms with Gasteiger partial charge in [0.25, 0.3) is 5.91 Å². The minimum Gasteiger partial charge on any atom is -0.382 e. The third kappa shape index (κ3) is 3.83. The first kappa shape index (κ1) is 15.1. The van der Waals surface area contributed by atoms with E-state index in [0.717, 1.165) is 25.8 Å². The topological polar surface area (TPSA) is 89.3 Å². The molecule has 0 aliphatic carbocycles. The lowest BCUT2D eigenvalue weighted by molar-refractivity contribution is 0.0137. The maximum absolute atomic E-state index is 12.2. The SMILES string of the molecule is CCCNc1nc(N)c(C(=O)NC2CCOC(C)C2)s1. The summed E-state index contributed by atoms with van der Waals surface area (Å²) < 4.78 is 5.47. The van der Waals surface area contributed by atoms with Gasteiger partial charge in [-0.1, -0.05) is 18.3 Å². The van der Waals surface area contributed by atoms with Crippen molar-refractivity contribution >= 4 is 28.2 Å². The summed E-state index contributed by atoms with van der Waals surface area (Å²) in [6, 6.07) is 0.153. The van der Waals surface area contributed by atoms with Gasteiger partial charge in [-0.3, -0.25) is 4.79 Å². The van der Waals surface area contributed by atoms with E-state index in [1.165, 1.54) is 11.3 Å². The number of nitrogen functional groups attached to an aromatic ring is 1. The first-order valence-corrected chi connectivity index (χ1v) is 7.84. The zero-order valence-corrected chi connectivity index (χ0v) is 12.8. The number of carbonyl (C=O) groups excluding carboxylic acids is 1. The second-order valence-electron chi connectivity index (χ2n) is 5.04. The molecule has 0 saturated carbocycles. The van der Waals surface area contributed by atoms with Crippen LogP contribution in [0.2, 0.25) is 0 Å². The molecule has 0 aromatic carbocycles. The highest BCUT2D eigenvalue weighted by molar-refractivity contribution is 7.18. The van der Waals surface area contributed by atoms with Crippen LogP contribution in [0.3, 0.4) is 0 Å². The Bertz CT molecular complexity index is 463. The molecule has 2 rings (SSSR count). The summed E-state index contributed by atoms with van der Waals surface area (Å²) in [7, 11) is 0. The molecule has 0 radical (unpaired) electrons. The maximum Gasteiger partial charge on any atom is 0.265 e. The molecule has 2 atom stereocenters. The van der Waals surface area contributed by atoms with Crippen molar-refractivity contribution in [1.29, 1.82) is 0 Å².